The van der Waals surface area contributed by atoms with Crippen molar-refractivity contribution in [1.29, 1.82) is 0 Å². The van der Waals surface area contributed by atoms with Crippen molar-refractivity contribution in [2.45, 2.75) is 57.6 Å². The van der Waals surface area contributed by atoms with Crippen molar-refractivity contribution < 1.29 is 38.4 Å². The average molecular weight is 720 g/mol. The number of hydrogen-bond acceptors (Lipinski definition) is 9. The molecule has 2 N–H and O–H groups in total. The number of carbonyl (C=O) groups excluding carboxylic acids is 3. The van der Waals surface area contributed by atoms with Gasteiger partial charge in [0, 0.05) is 31.1 Å². The number of morpholine rings is 1. The molecule has 3 amide bonds. The van der Waals surface area contributed by atoms with Gasteiger partial charge in [0.2, 0.25) is 5.91 Å². The van der Waals surface area contributed by atoms with Gasteiger partial charge in [0.15, 0.2) is 6.29 Å². The summed E-state index contributed by atoms with van der Waals surface area (Å²) in [4.78, 5) is 42.4. The fourth-order valence-electron chi connectivity index (χ4n) is 7.17. The predicted octanol–water partition coefficient (Wildman–Crippen LogP) is 5.52. The summed E-state index contributed by atoms with van der Waals surface area (Å²) in [6, 6.07) is 31.8. The number of aliphatic hydroxyl groups is 1. The minimum absolute atomic E-state index is 0.0173. The Labute approximate surface area is 309 Å². The number of amides is 3. The number of nitrogens with one attached hydrogen (secondary N) is 1. The molecule has 11 nitrogen and oxygen atoms in total. The van der Waals surface area contributed by atoms with E-state index in [1.165, 1.54) is 4.90 Å². The van der Waals surface area contributed by atoms with Gasteiger partial charge in [-0.15, -0.1) is 0 Å². The lowest BCUT2D eigenvalue weighted by Gasteiger charge is -2.43. The van der Waals surface area contributed by atoms with E-state index in [0.717, 1.165) is 58.6 Å². The van der Waals surface area contributed by atoms with Crippen LogP contribution >= 0.6 is 0 Å². The van der Waals surface area contributed by atoms with Crippen LogP contribution in [0.4, 0.5) is 4.79 Å². The third kappa shape index (κ3) is 8.67. The lowest BCUT2D eigenvalue weighted by atomic mass is 9.90. The molecule has 3 saturated heterocycles. The zero-order valence-electron chi connectivity index (χ0n) is 29.8. The molecule has 53 heavy (non-hydrogen) atoms. The quantitative estimate of drug-likeness (QED) is 0.193. The highest BCUT2D eigenvalue weighted by molar-refractivity contribution is 6.06. The molecule has 5 unspecified atom stereocenters. The minimum atomic E-state index is -0.987. The van der Waals surface area contributed by atoms with Gasteiger partial charge in [0.25, 0.3) is 5.91 Å². The van der Waals surface area contributed by atoms with Crippen molar-refractivity contribution in [3.05, 3.63) is 131 Å². The number of nitrogens with zero attached hydrogens (tertiary/aromatic N) is 2. The second-order valence-corrected chi connectivity index (χ2v) is 13.8. The van der Waals surface area contributed by atoms with Crippen molar-refractivity contribution in [3.63, 3.8) is 0 Å². The van der Waals surface area contributed by atoms with Crippen molar-refractivity contribution >= 4 is 17.9 Å². The van der Waals surface area contributed by atoms with Crippen LogP contribution in [0.2, 0.25) is 0 Å². The third-order valence-corrected chi connectivity index (χ3v) is 10.3. The Morgan fingerprint density at radius 1 is 0.849 bits per heavy atom. The maximum atomic E-state index is 13.3. The molecule has 0 spiro atoms. The molecule has 0 aliphatic carbocycles. The lowest BCUT2D eigenvalue weighted by molar-refractivity contribution is -0.277. The molecular weight excluding hydrogens is 674 g/mol. The van der Waals surface area contributed by atoms with Gasteiger partial charge in [0.05, 0.1) is 45.0 Å². The first-order valence-electron chi connectivity index (χ1n) is 18.2. The first-order chi connectivity index (χ1) is 25.9. The molecule has 4 aromatic rings. The van der Waals surface area contributed by atoms with E-state index in [1.807, 2.05) is 103 Å². The number of carbonyl (C=O) groups is 3. The van der Waals surface area contributed by atoms with E-state index in [2.05, 4.69) is 17.1 Å². The molecule has 276 valence electrons. The fraction of sp³-hybridized carbons (Fsp3) is 0.357. The van der Waals surface area contributed by atoms with Crippen LogP contribution in [-0.2, 0) is 48.3 Å². The molecular formula is C42H45N3O8. The van der Waals surface area contributed by atoms with Gasteiger partial charge in [0.1, 0.15) is 12.6 Å². The number of aliphatic hydroxyl groups excluding tert-OH is 1. The number of ether oxygens (including phenoxy) is 4. The molecule has 0 bridgehead atoms. The molecule has 3 heterocycles. The molecule has 0 radical (unpaired) electrons. The van der Waals surface area contributed by atoms with Gasteiger partial charge in [-0.25, -0.2) is 4.79 Å². The Bertz CT molecular complexity index is 1860. The van der Waals surface area contributed by atoms with E-state index in [9.17, 15) is 19.5 Å². The second kappa shape index (κ2) is 16.8. The highest BCUT2D eigenvalue weighted by Crippen LogP contribution is 2.42. The SMILES string of the molecule is CC1C(CN2CCOCC2)OC(c2ccc(-c3ccccc3CN3C(=O)CC(NC(=O)OCc4ccccc4)C3=O)cc2)OC1c1ccc(CO)cc1. The highest BCUT2D eigenvalue weighted by Gasteiger charge is 2.41. The Morgan fingerprint density at radius 2 is 1.55 bits per heavy atom. The normalized spacial score (nSPS) is 23.6. The Morgan fingerprint density at radius 3 is 2.28 bits per heavy atom. The van der Waals surface area contributed by atoms with Gasteiger partial charge in [-0.1, -0.05) is 110 Å². The van der Waals surface area contributed by atoms with Crippen LogP contribution in [0.1, 0.15) is 53.6 Å². The molecule has 5 atom stereocenters. The van der Waals surface area contributed by atoms with Gasteiger partial charge in [-0.05, 0) is 33.4 Å². The summed E-state index contributed by atoms with van der Waals surface area (Å²) >= 11 is 0. The second-order valence-electron chi connectivity index (χ2n) is 13.8. The summed E-state index contributed by atoms with van der Waals surface area (Å²) in [5, 5.41) is 12.2. The number of rotatable bonds is 11. The molecule has 7 rings (SSSR count). The number of benzene rings is 4. The van der Waals surface area contributed by atoms with Gasteiger partial charge in [-0.2, -0.15) is 0 Å². The van der Waals surface area contributed by atoms with Crippen molar-refractivity contribution in [1.82, 2.24) is 15.1 Å². The molecule has 0 aromatic heterocycles. The molecule has 3 fully saturated rings. The van der Waals surface area contributed by atoms with Crippen LogP contribution in [0.25, 0.3) is 11.1 Å². The van der Waals surface area contributed by atoms with E-state index in [1.54, 1.807) is 0 Å². The van der Waals surface area contributed by atoms with Gasteiger partial charge >= 0.3 is 6.09 Å². The number of hydrogen-bond donors (Lipinski definition) is 2. The summed E-state index contributed by atoms with van der Waals surface area (Å²) in [5.41, 5.74) is 6.16. The van der Waals surface area contributed by atoms with E-state index >= 15 is 0 Å². The zero-order valence-corrected chi connectivity index (χ0v) is 29.8. The van der Waals surface area contributed by atoms with E-state index in [-0.39, 0.29) is 50.2 Å². The monoisotopic (exact) mass is 719 g/mol. The standard InChI is InChI=1S/C42H45N3O8/c1-28-37(25-44-19-21-50-22-20-44)52-41(53-39(28)32-13-11-29(26-46)12-14-32)33-17-15-31(16-18-33)35-10-6-5-9-34(35)24-45-38(47)23-36(40(45)48)43-42(49)51-27-30-7-3-2-4-8-30/h2-18,28,36-37,39,41,46H,19-27H2,1H3,(H,43,49). The van der Waals surface area contributed by atoms with Gasteiger partial charge < -0.3 is 29.4 Å². The van der Waals surface area contributed by atoms with E-state index in [0.29, 0.717) is 13.2 Å². The molecule has 11 heteroatoms. The zero-order chi connectivity index (χ0) is 36.7. The third-order valence-electron chi connectivity index (χ3n) is 10.3. The Balaban J connectivity index is 1.04. The highest BCUT2D eigenvalue weighted by atomic mass is 16.7. The number of imide groups is 1. The van der Waals surface area contributed by atoms with Crippen molar-refractivity contribution in [2.24, 2.45) is 5.92 Å². The first kappa shape index (κ1) is 36.4. The fourth-order valence-corrected chi connectivity index (χ4v) is 7.17. The summed E-state index contributed by atoms with van der Waals surface area (Å²) in [7, 11) is 0. The van der Waals surface area contributed by atoms with Crippen LogP contribution in [0, 0.1) is 5.92 Å². The maximum absolute atomic E-state index is 13.3. The van der Waals surface area contributed by atoms with Crippen molar-refractivity contribution in [3.8, 4) is 11.1 Å². The molecule has 3 aliphatic rings. The maximum Gasteiger partial charge on any atom is 0.408 e. The number of likely N-dealkylation sites (tertiary alicyclic amines) is 1. The molecule has 0 saturated carbocycles. The summed E-state index contributed by atoms with van der Waals surface area (Å²) in [5.74, 6) is -0.752. The average Bonchev–Trinajstić information content (AvgIpc) is 3.46. The summed E-state index contributed by atoms with van der Waals surface area (Å²) < 4.78 is 24.2. The van der Waals surface area contributed by atoms with Crippen LogP contribution in [0.15, 0.2) is 103 Å². The lowest BCUT2D eigenvalue weighted by Crippen LogP contribution is -2.47. The van der Waals surface area contributed by atoms with E-state index in [4.69, 9.17) is 18.9 Å². The van der Waals surface area contributed by atoms with Crippen LogP contribution in [-0.4, -0.2) is 77.8 Å². The first-order valence-corrected chi connectivity index (χ1v) is 18.2. The molecule has 4 aromatic carbocycles. The Kier molecular flexibility index (Phi) is 11.6. The smallest absolute Gasteiger partial charge is 0.408 e. The van der Waals surface area contributed by atoms with Crippen LogP contribution in [0.3, 0.4) is 0 Å². The largest absolute Gasteiger partial charge is 0.445 e. The predicted molar refractivity (Wildman–Crippen MR) is 196 cm³/mol. The van der Waals surface area contributed by atoms with E-state index < -0.39 is 24.3 Å². The summed E-state index contributed by atoms with van der Waals surface area (Å²) in [6.45, 7) is 6.16. The Hall–Kier alpha value is -4.91. The van der Waals surface area contributed by atoms with Crippen LogP contribution < -0.4 is 5.32 Å². The molecule has 3 aliphatic heterocycles. The van der Waals surface area contributed by atoms with Gasteiger partial charge in [-0.3, -0.25) is 19.4 Å². The minimum Gasteiger partial charge on any atom is -0.445 e. The summed E-state index contributed by atoms with van der Waals surface area (Å²) in [6.07, 6.45) is -1.79. The number of alkyl carbamates (subject to hydrolysis) is 1. The van der Waals surface area contributed by atoms with Crippen LogP contribution in [0.5, 0.6) is 0 Å². The topological polar surface area (TPSA) is 127 Å². The van der Waals surface area contributed by atoms with Crippen molar-refractivity contribution in [2.75, 3.05) is 32.8 Å².